The van der Waals surface area contributed by atoms with Crippen LogP contribution in [0.15, 0.2) is 12.4 Å². The van der Waals surface area contributed by atoms with Crippen molar-refractivity contribution < 1.29 is 12.8 Å². The van der Waals surface area contributed by atoms with Crippen LogP contribution in [0.4, 0.5) is 10.1 Å². The third-order valence-electron chi connectivity index (χ3n) is 3.11. The van der Waals surface area contributed by atoms with Gasteiger partial charge in [-0.2, -0.15) is 13.5 Å². The zero-order valence-electron chi connectivity index (χ0n) is 10.9. The van der Waals surface area contributed by atoms with Crippen molar-refractivity contribution in [2.24, 2.45) is 12.2 Å². The molecule has 2 rings (SSSR count). The molecule has 0 aromatic carbocycles. The Morgan fingerprint density at radius 2 is 2.16 bits per heavy atom. The van der Waals surface area contributed by atoms with Gasteiger partial charge in [0.2, 0.25) is 0 Å². The Balaban J connectivity index is 2.33. The van der Waals surface area contributed by atoms with E-state index in [0.717, 1.165) is 4.31 Å². The Morgan fingerprint density at radius 3 is 2.63 bits per heavy atom. The van der Waals surface area contributed by atoms with Gasteiger partial charge in [0.15, 0.2) is 0 Å². The second kappa shape index (κ2) is 5.06. The van der Waals surface area contributed by atoms with Crippen LogP contribution < -0.4 is 9.44 Å². The van der Waals surface area contributed by atoms with Gasteiger partial charge in [0.1, 0.15) is 6.17 Å². The zero-order chi connectivity index (χ0) is 14.2. The first-order valence-corrected chi connectivity index (χ1v) is 7.41. The highest BCUT2D eigenvalue weighted by molar-refractivity contribution is 7.90. The lowest BCUT2D eigenvalue weighted by atomic mass is 10.0. The van der Waals surface area contributed by atoms with Gasteiger partial charge < -0.3 is 4.90 Å². The van der Waals surface area contributed by atoms with Gasteiger partial charge in [-0.25, -0.2) is 9.53 Å². The summed E-state index contributed by atoms with van der Waals surface area (Å²) in [5, 5.41) is 9.19. The highest BCUT2D eigenvalue weighted by Crippen LogP contribution is 2.25. The number of piperidine rings is 1. The van der Waals surface area contributed by atoms with E-state index in [2.05, 4.69) is 5.10 Å². The van der Waals surface area contributed by atoms with Crippen LogP contribution in [0.1, 0.15) is 6.42 Å². The molecule has 0 amide bonds. The number of likely N-dealkylation sites (N-methyl/N-ethyl adjacent to an activating group) is 1. The molecule has 1 aromatic rings. The molecule has 2 atom stereocenters. The van der Waals surface area contributed by atoms with E-state index in [1.165, 1.54) is 10.9 Å². The van der Waals surface area contributed by atoms with E-state index in [1.807, 2.05) is 0 Å². The standard InChI is InChI=1S/C10H18FN5O2S/c1-14-5-8(11)3-9(6-14)16(19(12,17)18)10-4-13-15(2)7-10/h4,7-9H,3,5-6H2,1-2H3,(H2,12,17,18)/t8-,9-/m0/s1. The van der Waals surface area contributed by atoms with Crippen LogP contribution in [-0.4, -0.2) is 55.4 Å². The number of hydrogen-bond acceptors (Lipinski definition) is 4. The van der Waals surface area contributed by atoms with Crippen molar-refractivity contribution in [3.8, 4) is 0 Å². The van der Waals surface area contributed by atoms with Crippen molar-refractivity contribution in [3.63, 3.8) is 0 Å². The lowest BCUT2D eigenvalue weighted by Crippen LogP contribution is -2.54. The molecule has 1 aliphatic heterocycles. The van der Waals surface area contributed by atoms with E-state index in [9.17, 15) is 12.8 Å². The van der Waals surface area contributed by atoms with Crippen molar-refractivity contribution in [1.29, 1.82) is 0 Å². The predicted octanol–water partition coefficient (Wildman–Crippen LogP) is -0.528. The Morgan fingerprint density at radius 1 is 1.47 bits per heavy atom. The smallest absolute Gasteiger partial charge is 0.299 e. The number of nitrogens with two attached hydrogens (primary N) is 1. The summed E-state index contributed by atoms with van der Waals surface area (Å²) in [5.41, 5.74) is 0.359. The predicted molar refractivity (Wildman–Crippen MR) is 69.6 cm³/mol. The molecule has 2 heterocycles. The molecule has 0 bridgehead atoms. The molecular formula is C10H18FN5O2S. The van der Waals surface area contributed by atoms with E-state index in [0.29, 0.717) is 18.8 Å². The summed E-state index contributed by atoms with van der Waals surface area (Å²) < 4.78 is 39.7. The minimum Gasteiger partial charge on any atom is -0.301 e. The van der Waals surface area contributed by atoms with E-state index in [1.54, 1.807) is 25.2 Å². The van der Waals surface area contributed by atoms with E-state index >= 15 is 0 Å². The fourth-order valence-electron chi connectivity index (χ4n) is 2.47. The molecule has 1 fully saturated rings. The number of hydrogen-bond donors (Lipinski definition) is 1. The van der Waals surface area contributed by atoms with Crippen LogP contribution in [0.2, 0.25) is 0 Å². The second-order valence-corrected chi connectivity index (χ2v) is 6.34. The number of anilines is 1. The minimum atomic E-state index is -3.96. The van der Waals surface area contributed by atoms with Crippen molar-refractivity contribution in [2.45, 2.75) is 18.6 Å². The van der Waals surface area contributed by atoms with E-state index in [4.69, 9.17) is 5.14 Å². The summed E-state index contributed by atoms with van der Waals surface area (Å²) in [6.07, 6.45) is 2.03. The molecule has 2 N–H and O–H groups in total. The number of halogens is 1. The highest BCUT2D eigenvalue weighted by Gasteiger charge is 2.35. The lowest BCUT2D eigenvalue weighted by molar-refractivity contribution is 0.148. The van der Waals surface area contributed by atoms with Crippen molar-refractivity contribution in [1.82, 2.24) is 14.7 Å². The summed E-state index contributed by atoms with van der Waals surface area (Å²) >= 11 is 0. The number of rotatable bonds is 3. The SMILES string of the molecule is CN1C[C@@H](F)C[C@H](N(c2cnn(C)c2)S(N)(=O)=O)C1. The van der Waals surface area contributed by atoms with E-state index < -0.39 is 22.4 Å². The minimum absolute atomic E-state index is 0.135. The maximum atomic E-state index is 13.6. The molecule has 19 heavy (non-hydrogen) atoms. The van der Waals surface area contributed by atoms with Crippen LogP contribution in [0, 0.1) is 0 Å². The summed E-state index contributed by atoms with van der Waals surface area (Å²) in [7, 11) is -0.535. The Kier molecular flexibility index (Phi) is 3.79. The number of aryl methyl sites for hydroxylation is 1. The van der Waals surface area contributed by atoms with Gasteiger partial charge in [0.25, 0.3) is 10.2 Å². The summed E-state index contributed by atoms with van der Waals surface area (Å²) in [5.74, 6) is 0. The monoisotopic (exact) mass is 291 g/mol. The van der Waals surface area contributed by atoms with Gasteiger partial charge in [0, 0.05) is 32.8 Å². The summed E-state index contributed by atoms with van der Waals surface area (Å²) in [6, 6.07) is -0.520. The van der Waals surface area contributed by atoms with Crippen LogP contribution in [-0.2, 0) is 17.3 Å². The molecule has 1 aromatic heterocycles. The molecule has 108 valence electrons. The lowest BCUT2D eigenvalue weighted by Gasteiger charge is -2.38. The number of alkyl halides is 1. The van der Waals surface area contributed by atoms with Crippen molar-refractivity contribution in [3.05, 3.63) is 12.4 Å². The molecule has 1 aliphatic rings. The first-order valence-electron chi connectivity index (χ1n) is 5.91. The largest absolute Gasteiger partial charge is 0.301 e. The molecular weight excluding hydrogens is 273 g/mol. The highest BCUT2D eigenvalue weighted by atomic mass is 32.2. The maximum absolute atomic E-state index is 13.6. The second-order valence-electron chi connectivity index (χ2n) is 4.92. The first kappa shape index (κ1) is 14.2. The van der Waals surface area contributed by atoms with Crippen LogP contribution in [0.3, 0.4) is 0 Å². The average Bonchev–Trinajstić information content (AvgIpc) is 2.60. The fraction of sp³-hybridized carbons (Fsp3) is 0.700. The van der Waals surface area contributed by atoms with Crippen molar-refractivity contribution >= 4 is 15.9 Å². The van der Waals surface area contributed by atoms with Gasteiger partial charge in [-0.3, -0.25) is 8.99 Å². The van der Waals surface area contributed by atoms with Crippen LogP contribution in [0.5, 0.6) is 0 Å². The molecule has 9 heteroatoms. The molecule has 7 nitrogen and oxygen atoms in total. The number of likely N-dealkylation sites (tertiary alicyclic amines) is 1. The Hall–Kier alpha value is -1.19. The fourth-order valence-corrected chi connectivity index (χ4v) is 3.43. The normalized spacial score (nSPS) is 25.5. The first-order chi connectivity index (χ1) is 8.77. The average molecular weight is 291 g/mol. The topological polar surface area (TPSA) is 84.5 Å². The molecule has 0 aliphatic carbocycles. The van der Waals surface area contributed by atoms with Gasteiger partial charge in [-0.1, -0.05) is 0 Å². The van der Waals surface area contributed by atoms with Gasteiger partial charge in [-0.05, 0) is 7.05 Å². The molecule has 0 radical (unpaired) electrons. The van der Waals surface area contributed by atoms with E-state index in [-0.39, 0.29) is 6.42 Å². The van der Waals surface area contributed by atoms with Gasteiger partial charge >= 0.3 is 0 Å². The summed E-state index contributed by atoms with van der Waals surface area (Å²) in [4.78, 5) is 1.76. The maximum Gasteiger partial charge on any atom is 0.299 e. The molecule has 0 saturated carbocycles. The Bertz CT molecular complexity index is 536. The number of nitrogens with zero attached hydrogens (tertiary/aromatic N) is 4. The van der Waals surface area contributed by atoms with Gasteiger partial charge in [0.05, 0.1) is 17.9 Å². The van der Waals surface area contributed by atoms with Crippen LogP contribution >= 0.6 is 0 Å². The summed E-state index contributed by atoms with van der Waals surface area (Å²) in [6.45, 7) is 0.744. The van der Waals surface area contributed by atoms with Gasteiger partial charge in [-0.15, -0.1) is 0 Å². The third-order valence-corrected chi connectivity index (χ3v) is 4.17. The van der Waals surface area contributed by atoms with Crippen molar-refractivity contribution in [2.75, 3.05) is 24.4 Å². The quantitative estimate of drug-likeness (QED) is 0.811. The Labute approximate surface area is 112 Å². The molecule has 0 spiro atoms. The van der Waals surface area contributed by atoms with Crippen LogP contribution in [0.25, 0.3) is 0 Å². The zero-order valence-corrected chi connectivity index (χ0v) is 11.7. The molecule has 1 saturated heterocycles. The number of aromatic nitrogens is 2. The third kappa shape index (κ3) is 3.23. The molecule has 0 unspecified atom stereocenters.